The first-order chi connectivity index (χ1) is 16.8. The Morgan fingerprint density at radius 1 is 0.941 bits per heavy atom. The van der Waals surface area contributed by atoms with Crippen molar-refractivity contribution in [3.8, 4) is 22.5 Å². The lowest BCUT2D eigenvalue weighted by Gasteiger charge is -2.23. The van der Waals surface area contributed by atoms with Gasteiger partial charge in [0.25, 0.3) is 0 Å². The number of hydrogen-bond donors (Lipinski definition) is 1. The molecule has 7 nitrogen and oxygen atoms in total. The smallest absolute Gasteiger partial charge is 0.205 e. The van der Waals surface area contributed by atoms with Crippen LogP contribution in [0.1, 0.15) is 81.5 Å². The quantitative estimate of drug-likeness (QED) is 0.315. The van der Waals surface area contributed by atoms with Crippen LogP contribution in [-0.4, -0.2) is 35.4 Å². The van der Waals surface area contributed by atoms with Crippen molar-refractivity contribution in [3.63, 3.8) is 0 Å². The van der Waals surface area contributed by atoms with Gasteiger partial charge in [0.15, 0.2) is 5.82 Å². The van der Waals surface area contributed by atoms with Crippen LogP contribution in [0.25, 0.3) is 22.5 Å². The highest BCUT2D eigenvalue weighted by Gasteiger charge is 2.21. The number of rotatable bonds is 9. The normalized spacial score (nSPS) is 14.5. The van der Waals surface area contributed by atoms with Crippen molar-refractivity contribution in [2.45, 2.75) is 77.2 Å². The Morgan fingerprint density at radius 2 is 1.74 bits per heavy atom. The number of hydrogen-bond acceptors (Lipinski definition) is 5. The summed E-state index contributed by atoms with van der Waals surface area (Å²) >= 11 is 0. The summed E-state index contributed by atoms with van der Waals surface area (Å²) in [6.07, 6.45) is 11.8. The van der Waals surface area contributed by atoms with Gasteiger partial charge >= 0.3 is 0 Å². The number of aromatic nitrogens is 7. The van der Waals surface area contributed by atoms with Crippen molar-refractivity contribution in [3.05, 3.63) is 65.7 Å². The van der Waals surface area contributed by atoms with Crippen LogP contribution in [-0.2, 0) is 12.8 Å². The molecular formula is C27H33N7. The molecule has 2 heterocycles. The molecule has 1 aliphatic carbocycles. The van der Waals surface area contributed by atoms with Gasteiger partial charge in [0.05, 0.1) is 6.04 Å². The van der Waals surface area contributed by atoms with Gasteiger partial charge in [-0.1, -0.05) is 87.6 Å². The van der Waals surface area contributed by atoms with Crippen LogP contribution < -0.4 is 0 Å². The minimum atomic E-state index is 0.497. The van der Waals surface area contributed by atoms with Gasteiger partial charge in [-0.3, -0.25) is 0 Å². The summed E-state index contributed by atoms with van der Waals surface area (Å²) in [4.78, 5) is 5.01. The second kappa shape index (κ2) is 10.7. The maximum atomic E-state index is 5.01. The first-order valence-electron chi connectivity index (χ1n) is 12.7. The van der Waals surface area contributed by atoms with Crippen molar-refractivity contribution >= 4 is 0 Å². The fourth-order valence-electron chi connectivity index (χ4n) is 4.97. The maximum absolute atomic E-state index is 5.01. The molecule has 1 fully saturated rings. The van der Waals surface area contributed by atoms with Crippen molar-refractivity contribution in [2.75, 3.05) is 0 Å². The Balaban J connectivity index is 1.38. The average molecular weight is 456 g/mol. The number of unbranched alkanes of at least 4 members (excludes halogenated alkanes) is 2. The monoisotopic (exact) mass is 455 g/mol. The van der Waals surface area contributed by atoms with E-state index in [0.717, 1.165) is 41.2 Å². The molecule has 2 aromatic carbocycles. The average Bonchev–Trinajstić information content (AvgIpc) is 3.56. The van der Waals surface area contributed by atoms with Crippen molar-refractivity contribution in [1.29, 1.82) is 0 Å². The van der Waals surface area contributed by atoms with Crippen molar-refractivity contribution in [1.82, 2.24) is 35.4 Å². The van der Waals surface area contributed by atoms with E-state index in [-0.39, 0.29) is 0 Å². The van der Waals surface area contributed by atoms with E-state index in [9.17, 15) is 0 Å². The molecule has 0 unspecified atom stereocenters. The maximum Gasteiger partial charge on any atom is 0.205 e. The molecule has 0 aliphatic heterocycles. The molecule has 0 saturated heterocycles. The van der Waals surface area contributed by atoms with E-state index in [1.165, 1.54) is 56.9 Å². The van der Waals surface area contributed by atoms with Gasteiger partial charge in [-0.2, -0.15) is 10.3 Å². The Kier molecular flexibility index (Phi) is 7.08. The largest absolute Gasteiger partial charge is 0.246 e. The molecule has 1 N–H and O–H groups in total. The van der Waals surface area contributed by atoms with E-state index in [1.54, 1.807) is 0 Å². The number of nitrogens with one attached hydrogen (secondary N) is 1. The van der Waals surface area contributed by atoms with Gasteiger partial charge in [0, 0.05) is 18.4 Å². The predicted octanol–water partition coefficient (Wildman–Crippen LogP) is 5.95. The van der Waals surface area contributed by atoms with Gasteiger partial charge in [-0.25, -0.2) is 9.67 Å². The second-order valence-corrected chi connectivity index (χ2v) is 9.29. The second-order valence-electron chi connectivity index (χ2n) is 9.29. The van der Waals surface area contributed by atoms with E-state index in [0.29, 0.717) is 11.9 Å². The molecule has 5 rings (SSSR count). The zero-order valence-electron chi connectivity index (χ0n) is 20.0. The highest BCUT2D eigenvalue weighted by Crippen LogP contribution is 2.31. The zero-order valence-corrected chi connectivity index (χ0v) is 20.0. The number of H-pyrrole nitrogens is 1. The van der Waals surface area contributed by atoms with Crippen LogP contribution in [0, 0.1) is 0 Å². The van der Waals surface area contributed by atoms with Gasteiger partial charge in [0.1, 0.15) is 5.82 Å². The fraction of sp³-hybridized carbons (Fsp3) is 0.444. The third kappa shape index (κ3) is 5.08. The molecule has 0 radical (unpaired) electrons. The van der Waals surface area contributed by atoms with E-state index in [2.05, 4.69) is 62.6 Å². The standard InChI is InChI=1S/C27H33N7/c1-2-3-5-14-25-28-26(34(31-25)22-10-6-4-7-11-22)19-20-15-17-21(18-16-20)23-12-8-9-13-24(23)27-29-32-33-30-27/h8-9,12-13,15-18,22H,2-7,10-11,14,19H2,1H3,(H,29,30,32,33). The molecule has 0 atom stereocenters. The third-order valence-electron chi connectivity index (χ3n) is 6.81. The lowest BCUT2D eigenvalue weighted by Crippen LogP contribution is -2.17. The molecule has 1 saturated carbocycles. The summed E-state index contributed by atoms with van der Waals surface area (Å²) in [5, 5.41) is 19.6. The van der Waals surface area contributed by atoms with Gasteiger partial charge in [-0.15, -0.1) is 10.2 Å². The van der Waals surface area contributed by atoms with Crippen molar-refractivity contribution < 1.29 is 0 Å². The van der Waals surface area contributed by atoms with Crippen LogP contribution >= 0.6 is 0 Å². The molecule has 176 valence electrons. The molecule has 4 aromatic rings. The number of aryl methyl sites for hydroxylation is 1. The van der Waals surface area contributed by atoms with Crippen LogP contribution in [0.2, 0.25) is 0 Å². The minimum absolute atomic E-state index is 0.497. The SMILES string of the molecule is CCCCCc1nc(Cc2ccc(-c3ccccc3-c3nn[nH]n3)cc2)n(C2CCCCC2)n1. The first-order valence-corrected chi connectivity index (χ1v) is 12.7. The molecule has 2 aromatic heterocycles. The molecule has 1 aliphatic rings. The number of aromatic amines is 1. The predicted molar refractivity (Wildman–Crippen MR) is 133 cm³/mol. The molecular weight excluding hydrogens is 422 g/mol. The Hall–Kier alpha value is -3.35. The summed E-state index contributed by atoms with van der Waals surface area (Å²) < 4.78 is 2.26. The van der Waals surface area contributed by atoms with Gasteiger partial charge < -0.3 is 0 Å². The van der Waals surface area contributed by atoms with E-state index in [4.69, 9.17) is 10.1 Å². The first kappa shape index (κ1) is 22.4. The fourth-order valence-corrected chi connectivity index (χ4v) is 4.97. The Morgan fingerprint density at radius 3 is 2.47 bits per heavy atom. The molecule has 0 bridgehead atoms. The van der Waals surface area contributed by atoms with E-state index in [1.807, 2.05) is 18.2 Å². The van der Waals surface area contributed by atoms with Crippen LogP contribution in [0.5, 0.6) is 0 Å². The summed E-state index contributed by atoms with van der Waals surface area (Å²) in [6.45, 7) is 2.24. The molecule has 0 spiro atoms. The Bertz CT molecular complexity index is 1170. The van der Waals surface area contributed by atoms with Crippen LogP contribution in [0.3, 0.4) is 0 Å². The third-order valence-corrected chi connectivity index (χ3v) is 6.81. The number of nitrogens with zero attached hydrogens (tertiary/aromatic N) is 6. The highest BCUT2D eigenvalue weighted by atomic mass is 15.5. The molecule has 7 heteroatoms. The Labute approximate surface area is 201 Å². The van der Waals surface area contributed by atoms with Crippen LogP contribution in [0.15, 0.2) is 48.5 Å². The van der Waals surface area contributed by atoms with Gasteiger partial charge in [-0.05, 0) is 41.2 Å². The highest BCUT2D eigenvalue weighted by molar-refractivity contribution is 5.80. The molecule has 34 heavy (non-hydrogen) atoms. The minimum Gasteiger partial charge on any atom is -0.246 e. The lowest BCUT2D eigenvalue weighted by molar-refractivity contribution is 0.321. The van der Waals surface area contributed by atoms with Crippen LogP contribution in [0.4, 0.5) is 0 Å². The molecule has 0 amide bonds. The van der Waals surface area contributed by atoms with E-state index < -0.39 is 0 Å². The topological polar surface area (TPSA) is 85.2 Å². The summed E-state index contributed by atoms with van der Waals surface area (Å²) in [5.41, 5.74) is 4.46. The number of benzene rings is 2. The van der Waals surface area contributed by atoms with E-state index >= 15 is 0 Å². The summed E-state index contributed by atoms with van der Waals surface area (Å²) in [7, 11) is 0. The van der Waals surface area contributed by atoms with Crippen molar-refractivity contribution in [2.24, 2.45) is 0 Å². The number of tetrazole rings is 1. The summed E-state index contributed by atoms with van der Waals surface area (Å²) in [6, 6.07) is 17.4. The lowest BCUT2D eigenvalue weighted by atomic mass is 9.95. The summed E-state index contributed by atoms with van der Waals surface area (Å²) in [5.74, 6) is 2.73. The van der Waals surface area contributed by atoms with Gasteiger partial charge in [0.2, 0.25) is 5.82 Å². The zero-order chi connectivity index (χ0) is 23.2.